The molecule has 1 amide bonds. The molecule has 1 saturated carbocycles. The third kappa shape index (κ3) is 2.70. The van der Waals surface area contributed by atoms with Crippen LogP contribution in [0, 0.1) is 6.92 Å². The van der Waals surface area contributed by atoms with Gasteiger partial charge in [0.05, 0.1) is 17.3 Å². The first-order valence-electron chi connectivity index (χ1n) is 6.05. The fourth-order valence-electron chi connectivity index (χ4n) is 2.41. The fourth-order valence-corrected chi connectivity index (χ4v) is 3.11. The van der Waals surface area contributed by atoms with E-state index in [9.17, 15) is 4.79 Å². The van der Waals surface area contributed by atoms with Gasteiger partial charge in [-0.25, -0.2) is 0 Å². The van der Waals surface area contributed by atoms with Crippen LogP contribution in [0.3, 0.4) is 0 Å². The van der Waals surface area contributed by atoms with Crippen molar-refractivity contribution < 1.29 is 4.79 Å². The molecule has 2 N–H and O–H groups in total. The van der Waals surface area contributed by atoms with Gasteiger partial charge < -0.3 is 5.32 Å². The van der Waals surface area contributed by atoms with Gasteiger partial charge >= 0.3 is 0 Å². The normalized spacial score (nSPS) is 18.9. The number of amides is 1. The number of aromatic nitrogens is 2. The molecule has 0 aliphatic heterocycles. The summed E-state index contributed by atoms with van der Waals surface area (Å²) in [6.07, 6.45) is 7.36. The number of nitrogens with one attached hydrogen (secondary N) is 2. The molecule has 0 bridgehead atoms. The van der Waals surface area contributed by atoms with Crippen LogP contribution in [0.15, 0.2) is 6.20 Å². The second-order valence-corrected chi connectivity index (χ2v) is 5.40. The van der Waals surface area contributed by atoms with Gasteiger partial charge in [0.25, 0.3) is 5.91 Å². The zero-order valence-corrected chi connectivity index (χ0v) is 11.6. The number of halogens is 1. The van der Waals surface area contributed by atoms with E-state index in [1.54, 1.807) is 6.20 Å². The smallest absolute Gasteiger partial charge is 0.255 e. The van der Waals surface area contributed by atoms with E-state index in [-0.39, 0.29) is 11.4 Å². The van der Waals surface area contributed by atoms with E-state index >= 15 is 0 Å². The molecule has 1 aromatic heterocycles. The summed E-state index contributed by atoms with van der Waals surface area (Å²) in [5.41, 5.74) is 1.40. The standard InChI is InChI=1S/C12H18BrN3O/c1-9-10(7-14-16-9)11(17)15-12(8-13)5-3-2-4-6-12/h7H,2-6,8H2,1H3,(H,14,16)(H,15,17). The first kappa shape index (κ1) is 12.6. The molecule has 1 aliphatic rings. The number of nitrogens with zero attached hydrogens (tertiary/aromatic N) is 1. The molecule has 4 nitrogen and oxygen atoms in total. The van der Waals surface area contributed by atoms with Gasteiger partial charge in [0.2, 0.25) is 0 Å². The number of hydrogen-bond acceptors (Lipinski definition) is 2. The number of aryl methyl sites for hydroxylation is 1. The molecule has 0 saturated heterocycles. The van der Waals surface area contributed by atoms with Crippen molar-refractivity contribution in [2.75, 3.05) is 5.33 Å². The Labute approximate surface area is 110 Å². The zero-order valence-electron chi connectivity index (χ0n) is 10.1. The molecule has 5 heteroatoms. The summed E-state index contributed by atoms with van der Waals surface area (Å²) in [7, 11) is 0. The second kappa shape index (κ2) is 5.21. The highest BCUT2D eigenvalue weighted by Crippen LogP contribution is 2.30. The van der Waals surface area contributed by atoms with Gasteiger partial charge in [-0.2, -0.15) is 5.10 Å². The van der Waals surface area contributed by atoms with Crippen LogP contribution in [0.4, 0.5) is 0 Å². The molecule has 0 atom stereocenters. The average molecular weight is 300 g/mol. The lowest BCUT2D eigenvalue weighted by atomic mass is 9.83. The minimum atomic E-state index is -0.0704. The van der Waals surface area contributed by atoms with E-state index in [2.05, 4.69) is 31.4 Å². The highest BCUT2D eigenvalue weighted by Gasteiger charge is 2.33. The Kier molecular flexibility index (Phi) is 3.86. The van der Waals surface area contributed by atoms with Crippen molar-refractivity contribution in [3.05, 3.63) is 17.5 Å². The van der Waals surface area contributed by atoms with Gasteiger partial charge in [-0.05, 0) is 19.8 Å². The first-order chi connectivity index (χ1) is 8.17. The van der Waals surface area contributed by atoms with Crippen LogP contribution < -0.4 is 5.32 Å². The van der Waals surface area contributed by atoms with Crippen molar-refractivity contribution in [2.45, 2.75) is 44.6 Å². The predicted molar refractivity (Wildman–Crippen MR) is 70.4 cm³/mol. The predicted octanol–water partition coefficient (Wildman–Crippen LogP) is 2.55. The van der Waals surface area contributed by atoms with Crippen LogP contribution in [0.1, 0.15) is 48.2 Å². The fraction of sp³-hybridized carbons (Fsp3) is 0.667. The molecular weight excluding hydrogens is 282 g/mol. The van der Waals surface area contributed by atoms with Gasteiger partial charge in [0, 0.05) is 11.0 Å². The van der Waals surface area contributed by atoms with Crippen LogP contribution in [0.25, 0.3) is 0 Å². The molecule has 94 valence electrons. The number of H-pyrrole nitrogens is 1. The summed E-state index contributed by atoms with van der Waals surface area (Å²) in [5.74, 6) is -0.0161. The molecule has 0 spiro atoms. The number of hydrogen-bond donors (Lipinski definition) is 2. The molecule has 1 aromatic rings. The topological polar surface area (TPSA) is 57.8 Å². The Morgan fingerprint density at radius 2 is 2.24 bits per heavy atom. The summed E-state index contributed by atoms with van der Waals surface area (Å²) >= 11 is 3.54. The molecule has 1 aliphatic carbocycles. The molecule has 17 heavy (non-hydrogen) atoms. The van der Waals surface area contributed by atoms with Crippen molar-refractivity contribution in [3.8, 4) is 0 Å². The van der Waals surface area contributed by atoms with Crippen molar-refractivity contribution in [1.82, 2.24) is 15.5 Å². The molecule has 0 radical (unpaired) electrons. The largest absolute Gasteiger partial charge is 0.346 e. The summed E-state index contributed by atoms with van der Waals surface area (Å²) in [6.45, 7) is 1.86. The van der Waals surface area contributed by atoms with E-state index in [4.69, 9.17) is 0 Å². The SMILES string of the molecule is Cc1[nH]ncc1C(=O)NC1(CBr)CCCCC1. The highest BCUT2D eigenvalue weighted by molar-refractivity contribution is 9.09. The number of carbonyl (C=O) groups is 1. The average Bonchev–Trinajstić information content (AvgIpc) is 2.77. The Morgan fingerprint density at radius 3 is 2.76 bits per heavy atom. The van der Waals surface area contributed by atoms with Crippen molar-refractivity contribution in [2.24, 2.45) is 0 Å². The van der Waals surface area contributed by atoms with Crippen molar-refractivity contribution >= 4 is 21.8 Å². The molecule has 1 fully saturated rings. The van der Waals surface area contributed by atoms with E-state index in [1.165, 1.54) is 19.3 Å². The summed E-state index contributed by atoms with van der Waals surface area (Å²) < 4.78 is 0. The van der Waals surface area contributed by atoms with Crippen LogP contribution in [-0.4, -0.2) is 27.0 Å². The minimum Gasteiger partial charge on any atom is -0.346 e. The van der Waals surface area contributed by atoms with Gasteiger partial charge in [-0.1, -0.05) is 35.2 Å². The van der Waals surface area contributed by atoms with E-state index in [0.717, 1.165) is 23.9 Å². The number of rotatable bonds is 3. The Bertz CT molecular complexity index is 396. The Hall–Kier alpha value is -0.840. The second-order valence-electron chi connectivity index (χ2n) is 4.84. The Morgan fingerprint density at radius 1 is 1.53 bits per heavy atom. The number of carbonyl (C=O) groups excluding carboxylic acids is 1. The van der Waals surface area contributed by atoms with Gasteiger partial charge in [0.15, 0.2) is 0 Å². The summed E-state index contributed by atoms with van der Waals surface area (Å²) in [6, 6.07) is 0. The number of aromatic amines is 1. The van der Waals surface area contributed by atoms with Crippen LogP contribution in [-0.2, 0) is 0 Å². The summed E-state index contributed by atoms with van der Waals surface area (Å²) in [5, 5.41) is 10.7. The Balaban J connectivity index is 2.08. The zero-order chi connectivity index (χ0) is 12.3. The third-order valence-electron chi connectivity index (χ3n) is 3.52. The molecule has 2 rings (SSSR count). The highest BCUT2D eigenvalue weighted by atomic mass is 79.9. The maximum Gasteiger partial charge on any atom is 0.255 e. The summed E-state index contributed by atoms with van der Waals surface area (Å²) in [4.78, 5) is 12.2. The minimum absolute atomic E-state index is 0.0161. The van der Waals surface area contributed by atoms with Crippen LogP contribution >= 0.6 is 15.9 Å². The van der Waals surface area contributed by atoms with Crippen molar-refractivity contribution in [3.63, 3.8) is 0 Å². The lowest BCUT2D eigenvalue weighted by Crippen LogP contribution is -2.51. The van der Waals surface area contributed by atoms with Crippen molar-refractivity contribution in [1.29, 1.82) is 0 Å². The lowest BCUT2D eigenvalue weighted by molar-refractivity contribution is 0.0886. The first-order valence-corrected chi connectivity index (χ1v) is 7.17. The molecule has 0 aromatic carbocycles. The van der Waals surface area contributed by atoms with Gasteiger partial charge in [-0.3, -0.25) is 9.89 Å². The molecule has 0 unspecified atom stereocenters. The maximum atomic E-state index is 12.2. The van der Waals surface area contributed by atoms with Gasteiger partial charge in [-0.15, -0.1) is 0 Å². The van der Waals surface area contributed by atoms with Gasteiger partial charge in [0.1, 0.15) is 0 Å². The van der Waals surface area contributed by atoms with Crippen LogP contribution in [0.5, 0.6) is 0 Å². The monoisotopic (exact) mass is 299 g/mol. The number of alkyl halides is 1. The molecular formula is C12H18BrN3O. The maximum absolute atomic E-state index is 12.2. The lowest BCUT2D eigenvalue weighted by Gasteiger charge is -2.36. The third-order valence-corrected chi connectivity index (χ3v) is 4.59. The molecule has 1 heterocycles. The van der Waals surface area contributed by atoms with E-state index < -0.39 is 0 Å². The van der Waals surface area contributed by atoms with E-state index in [1.807, 2.05) is 6.92 Å². The quantitative estimate of drug-likeness (QED) is 0.843. The van der Waals surface area contributed by atoms with Crippen LogP contribution in [0.2, 0.25) is 0 Å². The van der Waals surface area contributed by atoms with E-state index in [0.29, 0.717) is 5.56 Å².